The Morgan fingerprint density at radius 3 is 1.14 bits per heavy atom. The molecule has 0 unspecified atom stereocenters. The maximum atomic E-state index is 6.34. The highest BCUT2D eigenvalue weighted by atomic mass is 32.1. The molecule has 0 amide bonds. The summed E-state index contributed by atoms with van der Waals surface area (Å²) < 4.78 is 16.2. The number of rotatable bonds is 8. The Bertz CT molecular complexity index is 9040. The monoisotopic (exact) mass is 1820 g/mol. The second-order valence-electron chi connectivity index (χ2n) is 39.1. The zero-order chi connectivity index (χ0) is 91.6. The molecule has 0 radical (unpaired) electrons. The predicted octanol–water partition coefficient (Wildman–Crippen LogP) is 28.0. The Kier molecular flexibility index (Phi) is 17.8. The van der Waals surface area contributed by atoms with Crippen LogP contribution in [0.3, 0.4) is 0 Å². The summed E-state index contributed by atoms with van der Waals surface area (Å²) in [4.78, 5) is 31.9. The van der Waals surface area contributed by atoms with Gasteiger partial charge in [0.05, 0.1) is 61.6 Å². The number of aromatic nitrogens is 9. The van der Waals surface area contributed by atoms with Crippen molar-refractivity contribution < 1.29 is 4.42 Å². The van der Waals surface area contributed by atoms with E-state index >= 15 is 0 Å². The lowest BCUT2D eigenvalue weighted by Gasteiger charge is -2.24. The third-order valence-corrected chi connectivity index (χ3v) is 41.6. The van der Waals surface area contributed by atoms with Gasteiger partial charge >= 0.3 is 0 Å². The molecule has 0 saturated heterocycles. The van der Waals surface area contributed by atoms with E-state index in [2.05, 4.69) is 437 Å². The van der Waals surface area contributed by atoms with Crippen LogP contribution in [0.2, 0.25) is 39.3 Å². The fourth-order valence-corrected chi connectivity index (χ4v) is 34.2. The van der Waals surface area contributed by atoms with Crippen LogP contribution in [0.1, 0.15) is 25.0 Å². The Morgan fingerprint density at radius 1 is 0.241 bits per heavy atom. The summed E-state index contributed by atoms with van der Waals surface area (Å²) in [5.41, 5.74) is 31.1. The predicted molar refractivity (Wildman–Crippen MR) is 581 cm³/mol. The van der Waals surface area contributed by atoms with Crippen LogP contribution < -0.4 is 31.1 Å². The van der Waals surface area contributed by atoms with E-state index in [1.54, 1.807) is 0 Å². The molecule has 137 heavy (non-hydrogen) atoms. The first kappa shape index (κ1) is 80.7. The molecular formula is C123H89N9OSSi3. The normalized spacial score (nSPS) is 14.1. The number of fused-ring (bicyclic) bond motifs is 27. The van der Waals surface area contributed by atoms with Gasteiger partial charge in [-0.3, -0.25) is 4.57 Å². The fourth-order valence-electron chi connectivity index (χ4n) is 23.4. The molecule has 0 atom stereocenters. The van der Waals surface area contributed by atoms with Gasteiger partial charge in [-0.1, -0.05) is 356 Å². The summed E-state index contributed by atoms with van der Waals surface area (Å²) in [7, 11) is -6.22. The van der Waals surface area contributed by atoms with Crippen molar-refractivity contribution in [3.8, 4) is 119 Å². The highest BCUT2D eigenvalue weighted by Gasteiger charge is 2.46. The first-order chi connectivity index (χ1) is 67.0. The van der Waals surface area contributed by atoms with E-state index in [9.17, 15) is 0 Å². The molecule has 650 valence electrons. The Morgan fingerprint density at radius 2 is 0.620 bits per heavy atom. The molecule has 0 spiro atoms. The van der Waals surface area contributed by atoms with Gasteiger partial charge < -0.3 is 13.6 Å². The van der Waals surface area contributed by atoms with Crippen LogP contribution in [-0.4, -0.2) is 67.8 Å². The van der Waals surface area contributed by atoms with Crippen molar-refractivity contribution in [3.63, 3.8) is 0 Å². The van der Waals surface area contributed by atoms with E-state index in [1.165, 1.54) is 150 Å². The van der Waals surface area contributed by atoms with Crippen molar-refractivity contribution in [3.05, 3.63) is 405 Å². The van der Waals surface area contributed by atoms with Gasteiger partial charge in [-0.25, -0.2) is 29.9 Å². The lowest BCUT2D eigenvalue weighted by atomic mass is 9.82. The molecule has 4 aliphatic rings. The molecule has 3 aliphatic heterocycles. The number of benzene rings is 17. The molecule has 25 aromatic rings. The molecule has 17 aromatic carbocycles. The highest BCUT2D eigenvalue weighted by Crippen LogP contribution is 2.53. The molecule has 14 heteroatoms. The standard InChI is InChI=1S/C42H29N3OSi.C42H29N3SSi.C39H31N3Si/c2*1-47(2)38-19-11-8-16-31(38)40-41(47)39(43-42(44-40)27-12-4-3-5-13-27)26-20-22-28(23-21-26)45-34-17-9-6-14-29(34)32-24-33-30-15-7-10-18-36(30)46-37(33)25-35(32)45;1-39(2)30-19-11-8-16-25(30)28-22-29-26-17-9-12-20-32(26)42(33(29)23-31(28)39)38-36-35(27-18-10-13-21-34(27)43(36,3)4)40-37(41-38)24-14-6-5-7-15-24/h2*3-25H,1-2H3;5-23H,1-4H3. The lowest BCUT2D eigenvalue weighted by Crippen LogP contribution is -2.51. The van der Waals surface area contributed by atoms with Gasteiger partial charge in [0.15, 0.2) is 17.5 Å². The first-order valence-corrected chi connectivity index (χ1v) is 57.1. The lowest BCUT2D eigenvalue weighted by molar-refractivity contribution is 0.661. The molecule has 11 heterocycles. The molecule has 8 aromatic heterocycles. The molecule has 0 saturated carbocycles. The van der Waals surface area contributed by atoms with Crippen molar-refractivity contribution in [1.29, 1.82) is 0 Å². The van der Waals surface area contributed by atoms with Gasteiger partial charge in [0.2, 0.25) is 0 Å². The molecule has 0 bridgehead atoms. The van der Waals surface area contributed by atoms with E-state index < -0.39 is 24.2 Å². The molecule has 0 fully saturated rings. The maximum Gasteiger partial charge on any atom is 0.162 e. The fraction of sp³-hybridized carbons (Fsp3) is 0.0732. The SMILES string of the molecule is CC1(C)c2ccccc2-c2cc3c4ccccc4n(-c4nc(-c5ccccc5)nc5c4[Si](C)(C)c4ccccc4-5)c3cc21.C[Si]1(C)c2ccccc2-c2nc(-c3ccccc3)nc(-c3ccc(-n4c5ccccc5c5cc6c(cc54)oc4ccccc46)cc3)c21.C[Si]1(C)c2ccccc2-c2nc(-c3ccccc3)nc(-c3ccc(-n4c5ccccc5c5cc6c(cc54)sc4ccccc46)cc3)c21. The number of nitrogens with zero attached hydrogens (tertiary/aromatic N) is 9. The number of hydrogen-bond acceptors (Lipinski definition) is 8. The van der Waals surface area contributed by atoms with Crippen molar-refractivity contribution in [2.45, 2.75) is 58.5 Å². The summed E-state index contributed by atoms with van der Waals surface area (Å²) in [6, 6.07) is 142. The molecule has 10 nitrogen and oxygen atoms in total. The topological polar surface area (TPSA) is 105 Å². The largest absolute Gasteiger partial charge is 0.456 e. The average Bonchev–Trinajstić information content (AvgIpc) is 1.52. The zero-order valence-electron chi connectivity index (χ0n) is 76.9. The van der Waals surface area contributed by atoms with Gasteiger partial charge in [0.25, 0.3) is 0 Å². The number of para-hydroxylation sites is 4. The summed E-state index contributed by atoms with van der Waals surface area (Å²) >= 11 is 1.87. The summed E-state index contributed by atoms with van der Waals surface area (Å²) in [5, 5.41) is 20.7. The Balaban J connectivity index is 0.000000104. The van der Waals surface area contributed by atoms with Crippen LogP contribution in [0.5, 0.6) is 0 Å². The molecule has 0 N–H and O–H groups in total. The highest BCUT2D eigenvalue weighted by molar-refractivity contribution is 7.26. The third kappa shape index (κ3) is 12.2. The van der Waals surface area contributed by atoms with Gasteiger partial charge in [0, 0.05) is 119 Å². The van der Waals surface area contributed by atoms with Crippen LogP contribution >= 0.6 is 11.3 Å². The van der Waals surface area contributed by atoms with Crippen molar-refractivity contribution in [2.24, 2.45) is 0 Å². The number of furan rings is 1. The summed E-state index contributed by atoms with van der Waals surface area (Å²) in [5.74, 6) is 3.34. The summed E-state index contributed by atoms with van der Waals surface area (Å²) in [6.45, 7) is 19.4. The van der Waals surface area contributed by atoms with E-state index in [1.807, 2.05) is 35.6 Å². The van der Waals surface area contributed by atoms with Crippen LogP contribution in [0.25, 0.3) is 226 Å². The Labute approximate surface area is 798 Å². The van der Waals surface area contributed by atoms with Crippen molar-refractivity contribution >= 4 is 174 Å². The van der Waals surface area contributed by atoms with Crippen molar-refractivity contribution in [2.75, 3.05) is 0 Å². The van der Waals surface area contributed by atoms with Crippen LogP contribution in [0.4, 0.5) is 0 Å². The minimum absolute atomic E-state index is 0.0888. The number of hydrogen-bond donors (Lipinski definition) is 0. The van der Waals surface area contributed by atoms with Crippen molar-refractivity contribution in [1.82, 2.24) is 43.6 Å². The van der Waals surface area contributed by atoms with E-state index in [-0.39, 0.29) is 5.41 Å². The van der Waals surface area contributed by atoms with Crippen LogP contribution in [0, 0.1) is 0 Å². The average molecular weight is 1830 g/mol. The van der Waals surface area contributed by atoms with Crippen LogP contribution in [0.15, 0.2) is 399 Å². The molecule has 1 aliphatic carbocycles. The van der Waals surface area contributed by atoms with Gasteiger partial charge in [0.1, 0.15) is 41.2 Å². The van der Waals surface area contributed by atoms with E-state index in [0.717, 1.165) is 118 Å². The molecular weight excluding hydrogens is 1740 g/mol. The third-order valence-electron chi connectivity index (χ3n) is 30.0. The van der Waals surface area contributed by atoms with E-state index in [0.29, 0.717) is 0 Å². The van der Waals surface area contributed by atoms with E-state index in [4.69, 9.17) is 34.3 Å². The minimum atomic E-state index is -2.13. The second-order valence-corrected chi connectivity index (χ2v) is 53.1. The first-order valence-electron chi connectivity index (χ1n) is 47.3. The number of thiophene rings is 1. The minimum Gasteiger partial charge on any atom is -0.456 e. The second kappa shape index (κ2) is 30.3. The Hall–Kier alpha value is -15.9. The smallest absolute Gasteiger partial charge is 0.162 e. The van der Waals surface area contributed by atoms with Gasteiger partial charge in [-0.05, 0) is 150 Å². The molecule has 29 rings (SSSR count). The quantitative estimate of drug-likeness (QED) is 0.140. The summed E-state index contributed by atoms with van der Waals surface area (Å²) in [6.07, 6.45) is 0. The van der Waals surface area contributed by atoms with Gasteiger partial charge in [-0.15, -0.1) is 11.3 Å². The maximum absolute atomic E-state index is 6.34. The van der Waals surface area contributed by atoms with Crippen LogP contribution in [-0.2, 0) is 5.41 Å². The van der Waals surface area contributed by atoms with Gasteiger partial charge in [-0.2, -0.15) is 0 Å². The zero-order valence-corrected chi connectivity index (χ0v) is 80.7.